The van der Waals surface area contributed by atoms with Gasteiger partial charge < -0.3 is 10.1 Å². The van der Waals surface area contributed by atoms with E-state index in [1.165, 1.54) is 12.1 Å². The highest BCUT2D eigenvalue weighted by atomic mass is 16.6. The highest BCUT2D eigenvalue weighted by Gasteiger charge is 2.41. The van der Waals surface area contributed by atoms with Gasteiger partial charge in [0.05, 0.1) is 28.8 Å². The maximum atomic E-state index is 13.3. The number of non-ortho nitro benzene ring substituents is 1. The number of nitro benzene ring substituents is 1. The molecular formula is C21H25N3O4. The quantitative estimate of drug-likeness (QED) is 0.584. The van der Waals surface area contributed by atoms with Crippen LogP contribution in [0.25, 0.3) is 0 Å². The summed E-state index contributed by atoms with van der Waals surface area (Å²) in [7, 11) is 0. The minimum Gasteiger partial charge on any atom is -0.478 e. The Balaban J connectivity index is 1.88. The largest absolute Gasteiger partial charge is 0.478 e. The van der Waals surface area contributed by atoms with E-state index in [1.54, 1.807) is 18.3 Å². The van der Waals surface area contributed by atoms with Gasteiger partial charge in [0.2, 0.25) is 11.8 Å². The van der Waals surface area contributed by atoms with Crippen LogP contribution in [0.4, 0.5) is 11.4 Å². The van der Waals surface area contributed by atoms with Gasteiger partial charge in [-0.3, -0.25) is 14.9 Å². The lowest BCUT2D eigenvalue weighted by atomic mass is 9.68. The molecule has 1 aromatic carbocycles. The molecule has 0 unspecified atom stereocenters. The number of nitro groups is 1. The van der Waals surface area contributed by atoms with Gasteiger partial charge in [0, 0.05) is 17.7 Å². The van der Waals surface area contributed by atoms with Gasteiger partial charge in [0.15, 0.2) is 0 Å². The van der Waals surface area contributed by atoms with Crippen LogP contribution in [-0.4, -0.2) is 22.4 Å². The van der Waals surface area contributed by atoms with Crippen molar-refractivity contribution in [3.63, 3.8) is 0 Å². The molecule has 0 atom stereocenters. The zero-order chi connectivity index (χ0) is 20.1. The number of pyridine rings is 1. The van der Waals surface area contributed by atoms with Crippen LogP contribution in [0.2, 0.25) is 0 Å². The molecule has 7 heteroatoms. The average Bonchev–Trinajstić information content (AvgIpc) is 2.70. The van der Waals surface area contributed by atoms with Crippen LogP contribution < -0.4 is 10.1 Å². The van der Waals surface area contributed by atoms with E-state index in [-0.39, 0.29) is 11.6 Å². The maximum Gasteiger partial charge on any atom is 0.269 e. The van der Waals surface area contributed by atoms with E-state index in [2.05, 4.69) is 10.3 Å². The van der Waals surface area contributed by atoms with E-state index < -0.39 is 10.3 Å². The van der Waals surface area contributed by atoms with Gasteiger partial charge in [-0.2, -0.15) is 0 Å². The Morgan fingerprint density at radius 1 is 1.25 bits per heavy atom. The zero-order valence-corrected chi connectivity index (χ0v) is 16.2. The predicted molar refractivity (Wildman–Crippen MR) is 107 cm³/mol. The lowest BCUT2D eigenvalue weighted by molar-refractivity contribution is -0.384. The number of hydrogen-bond donors (Lipinski definition) is 1. The second kappa shape index (κ2) is 8.37. The molecule has 0 bridgehead atoms. The van der Waals surface area contributed by atoms with Crippen molar-refractivity contribution in [2.24, 2.45) is 0 Å². The number of aromatic nitrogens is 1. The molecule has 1 aliphatic rings. The summed E-state index contributed by atoms with van der Waals surface area (Å²) in [5.41, 5.74) is 1.65. The van der Waals surface area contributed by atoms with Gasteiger partial charge in [-0.1, -0.05) is 31.4 Å². The van der Waals surface area contributed by atoms with Crippen molar-refractivity contribution in [2.75, 3.05) is 11.9 Å². The molecule has 2 aromatic rings. The van der Waals surface area contributed by atoms with Crippen LogP contribution in [0.1, 0.15) is 50.2 Å². The Hall–Kier alpha value is -2.96. The lowest BCUT2D eigenvalue weighted by Gasteiger charge is -2.36. The second-order valence-electron chi connectivity index (χ2n) is 7.18. The summed E-state index contributed by atoms with van der Waals surface area (Å²) in [6, 6.07) is 8.22. The van der Waals surface area contributed by atoms with Crippen LogP contribution >= 0.6 is 0 Å². The van der Waals surface area contributed by atoms with Crippen LogP contribution in [-0.2, 0) is 10.2 Å². The summed E-state index contributed by atoms with van der Waals surface area (Å²) in [6.07, 6.45) is 6.03. The van der Waals surface area contributed by atoms with E-state index in [1.807, 2.05) is 19.9 Å². The summed E-state index contributed by atoms with van der Waals surface area (Å²) in [5.74, 6) is 0.467. The Bertz CT molecular complexity index is 858. The molecule has 0 radical (unpaired) electrons. The molecule has 1 aromatic heterocycles. The fourth-order valence-corrected chi connectivity index (χ4v) is 3.87. The van der Waals surface area contributed by atoms with Crippen LogP contribution in [0, 0.1) is 17.0 Å². The molecule has 7 nitrogen and oxygen atoms in total. The SMILES string of the molecule is CCOc1ncc(NC(=O)C2(c3ccc([N+](=O)[O-])cc3)CCCCC2)cc1C. The number of carbonyl (C=O) groups is 1. The first-order chi connectivity index (χ1) is 13.5. The number of amides is 1. The van der Waals surface area contributed by atoms with Crippen molar-refractivity contribution >= 4 is 17.3 Å². The van der Waals surface area contributed by atoms with Crippen molar-refractivity contribution in [3.8, 4) is 5.88 Å². The number of hydrogen-bond acceptors (Lipinski definition) is 5. The van der Waals surface area contributed by atoms with Crippen LogP contribution in [0.3, 0.4) is 0 Å². The molecule has 0 saturated heterocycles. The molecule has 0 aliphatic heterocycles. The van der Waals surface area contributed by atoms with E-state index in [9.17, 15) is 14.9 Å². The molecule has 1 saturated carbocycles. The normalized spacial score (nSPS) is 15.6. The molecular weight excluding hydrogens is 358 g/mol. The number of ether oxygens (including phenoxy) is 1. The first-order valence-corrected chi connectivity index (χ1v) is 9.62. The third kappa shape index (κ3) is 3.98. The van der Waals surface area contributed by atoms with Crippen molar-refractivity contribution in [1.29, 1.82) is 0 Å². The number of nitrogens with zero attached hydrogens (tertiary/aromatic N) is 2. The number of rotatable bonds is 6. The molecule has 148 valence electrons. The summed E-state index contributed by atoms with van der Waals surface area (Å²) < 4.78 is 5.45. The Kier molecular flexibility index (Phi) is 5.92. The van der Waals surface area contributed by atoms with Gasteiger partial charge in [-0.25, -0.2) is 4.98 Å². The molecule has 1 fully saturated rings. The number of carbonyl (C=O) groups excluding carboxylic acids is 1. The topological polar surface area (TPSA) is 94.4 Å². The fourth-order valence-electron chi connectivity index (χ4n) is 3.87. The van der Waals surface area contributed by atoms with Gasteiger partial charge in [-0.15, -0.1) is 0 Å². The van der Waals surface area contributed by atoms with Gasteiger partial charge in [-0.05, 0) is 38.3 Å². The van der Waals surface area contributed by atoms with Crippen LogP contribution in [0.15, 0.2) is 36.5 Å². The van der Waals surface area contributed by atoms with Gasteiger partial charge in [0.1, 0.15) is 0 Å². The first kappa shape index (κ1) is 19.8. The molecule has 1 aliphatic carbocycles. The maximum absolute atomic E-state index is 13.3. The number of aryl methyl sites for hydroxylation is 1. The summed E-state index contributed by atoms with van der Waals surface area (Å²) in [5, 5.41) is 14.0. The number of nitrogens with one attached hydrogen (secondary N) is 1. The van der Waals surface area contributed by atoms with E-state index >= 15 is 0 Å². The minimum atomic E-state index is -0.681. The van der Waals surface area contributed by atoms with Crippen molar-refractivity contribution < 1.29 is 14.5 Å². The summed E-state index contributed by atoms with van der Waals surface area (Å²) in [4.78, 5) is 28.1. The highest BCUT2D eigenvalue weighted by Crippen LogP contribution is 2.41. The van der Waals surface area contributed by atoms with Crippen molar-refractivity contribution in [3.05, 3.63) is 57.8 Å². The van der Waals surface area contributed by atoms with E-state index in [0.29, 0.717) is 18.2 Å². The molecule has 1 amide bonds. The molecule has 1 heterocycles. The fraction of sp³-hybridized carbons (Fsp3) is 0.429. The molecule has 1 N–H and O–H groups in total. The Morgan fingerprint density at radius 3 is 2.50 bits per heavy atom. The van der Waals surface area contributed by atoms with E-state index in [4.69, 9.17) is 4.74 Å². The monoisotopic (exact) mass is 383 g/mol. The standard InChI is InChI=1S/C21H25N3O4/c1-3-28-19-15(2)13-17(14-22-19)23-20(25)21(11-5-4-6-12-21)16-7-9-18(10-8-16)24(26)27/h7-10,13-14H,3-6,11-12H2,1-2H3,(H,23,25). The third-order valence-corrected chi connectivity index (χ3v) is 5.34. The number of anilines is 1. The molecule has 28 heavy (non-hydrogen) atoms. The predicted octanol–water partition coefficient (Wildman–Crippen LogP) is 4.54. The molecule has 3 rings (SSSR count). The third-order valence-electron chi connectivity index (χ3n) is 5.34. The lowest BCUT2D eigenvalue weighted by Crippen LogP contribution is -2.42. The average molecular weight is 383 g/mol. The Morgan fingerprint density at radius 2 is 1.93 bits per heavy atom. The first-order valence-electron chi connectivity index (χ1n) is 9.62. The second-order valence-corrected chi connectivity index (χ2v) is 7.18. The summed E-state index contributed by atoms with van der Waals surface area (Å²) >= 11 is 0. The van der Waals surface area contributed by atoms with Gasteiger partial charge in [0.25, 0.3) is 5.69 Å². The Labute approximate surface area is 164 Å². The van der Waals surface area contributed by atoms with Crippen molar-refractivity contribution in [1.82, 2.24) is 4.98 Å². The van der Waals surface area contributed by atoms with Crippen molar-refractivity contribution in [2.45, 2.75) is 51.4 Å². The summed E-state index contributed by atoms with van der Waals surface area (Å²) in [6.45, 7) is 4.32. The highest BCUT2D eigenvalue weighted by molar-refractivity contribution is 5.99. The van der Waals surface area contributed by atoms with Crippen LogP contribution in [0.5, 0.6) is 5.88 Å². The smallest absolute Gasteiger partial charge is 0.269 e. The number of benzene rings is 1. The zero-order valence-electron chi connectivity index (χ0n) is 16.2. The molecule has 0 spiro atoms. The minimum absolute atomic E-state index is 0.0291. The van der Waals surface area contributed by atoms with E-state index in [0.717, 1.165) is 43.2 Å². The van der Waals surface area contributed by atoms with Gasteiger partial charge >= 0.3 is 0 Å².